The number of rotatable bonds is 11. The number of benzene rings is 2. The summed E-state index contributed by atoms with van der Waals surface area (Å²) in [4.78, 5) is 26.3. The van der Waals surface area contributed by atoms with Crippen molar-refractivity contribution in [3.63, 3.8) is 0 Å². The molecule has 0 atom stereocenters. The van der Waals surface area contributed by atoms with E-state index in [1.54, 1.807) is 0 Å². The van der Waals surface area contributed by atoms with Crippen LogP contribution in [0.25, 0.3) is 0 Å². The van der Waals surface area contributed by atoms with Crippen molar-refractivity contribution in [1.82, 2.24) is 20.1 Å². The minimum absolute atomic E-state index is 0.125. The second-order valence-electron chi connectivity index (χ2n) is 11.6. The number of amides is 2. The Kier molecular flexibility index (Phi) is 7.82. The van der Waals surface area contributed by atoms with Crippen LogP contribution in [0.5, 0.6) is 5.75 Å². The highest BCUT2D eigenvalue weighted by Gasteiger charge is 2.54. The zero-order valence-electron chi connectivity index (χ0n) is 23.0. The average Bonchev–Trinajstić information content (AvgIpc) is 3.32. The van der Waals surface area contributed by atoms with E-state index in [2.05, 4.69) is 33.0 Å². The zero-order valence-corrected chi connectivity index (χ0v) is 23.8. The second-order valence-corrected chi connectivity index (χ2v) is 12.6. The van der Waals surface area contributed by atoms with Gasteiger partial charge >= 0.3 is 0 Å². The van der Waals surface area contributed by atoms with Gasteiger partial charge in [0.05, 0.1) is 25.4 Å². The lowest BCUT2D eigenvalue weighted by Gasteiger charge is -2.55. The molecule has 210 valence electrons. The summed E-state index contributed by atoms with van der Waals surface area (Å²) >= 11 is 1.35. The average molecular weight is 560 g/mol. The fourth-order valence-electron chi connectivity index (χ4n) is 7.35. The van der Waals surface area contributed by atoms with Crippen molar-refractivity contribution in [2.24, 2.45) is 23.2 Å². The third kappa shape index (κ3) is 5.89. The summed E-state index contributed by atoms with van der Waals surface area (Å²) in [5.74, 6) is 3.88. The number of thioether (sulfide) groups is 1. The standard InChI is InChI=1S/C31H37N5O3S/c1-2-39-26-10-8-25(9-11-26)33-28(37)20-40-30-35-34-27(36(30)19-21-6-4-3-5-7-21)18-32-29(38)31-15-22-12-23(16-31)14-24(13-22)17-31/h3-11,22-24H,2,12-20H2,1H3,(H,32,38)(H,33,37). The summed E-state index contributed by atoms with van der Waals surface area (Å²) in [5.41, 5.74) is 1.62. The fourth-order valence-corrected chi connectivity index (χ4v) is 8.10. The van der Waals surface area contributed by atoms with Gasteiger partial charge in [-0.1, -0.05) is 42.1 Å². The highest BCUT2D eigenvalue weighted by molar-refractivity contribution is 7.99. The van der Waals surface area contributed by atoms with Crippen molar-refractivity contribution in [1.29, 1.82) is 0 Å². The maximum absolute atomic E-state index is 13.6. The Bertz CT molecular complexity index is 1310. The molecule has 4 aliphatic carbocycles. The number of ether oxygens (including phenoxy) is 1. The van der Waals surface area contributed by atoms with Gasteiger partial charge in [0.1, 0.15) is 5.75 Å². The van der Waals surface area contributed by atoms with E-state index >= 15 is 0 Å². The molecule has 4 saturated carbocycles. The molecule has 1 aromatic heterocycles. The van der Waals surface area contributed by atoms with Gasteiger partial charge in [0.15, 0.2) is 11.0 Å². The van der Waals surface area contributed by atoms with Crippen molar-refractivity contribution >= 4 is 29.3 Å². The Labute approximate surface area is 239 Å². The summed E-state index contributed by atoms with van der Waals surface area (Å²) in [6.45, 7) is 3.44. The van der Waals surface area contributed by atoms with Gasteiger partial charge in [0.2, 0.25) is 11.8 Å². The lowest BCUT2D eigenvalue weighted by molar-refractivity contribution is -0.146. The first kappa shape index (κ1) is 26.9. The van der Waals surface area contributed by atoms with Crippen molar-refractivity contribution in [2.45, 2.75) is 63.7 Å². The van der Waals surface area contributed by atoms with Crippen LogP contribution in [0.15, 0.2) is 59.8 Å². The van der Waals surface area contributed by atoms with Gasteiger partial charge in [-0.05, 0) is 93.0 Å². The SMILES string of the molecule is CCOc1ccc(NC(=O)CSc2nnc(CNC(=O)C34CC5CC(CC(C5)C3)C4)n2Cc2ccccc2)cc1. The number of carbonyl (C=O) groups is 2. The minimum Gasteiger partial charge on any atom is -0.494 e. The van der Waals surface area contributed by atoms with Crippen LogP contribution in [-0.2, 0) is 22.7 Å². The van der Waals surface area contributed by atoms with Gasteiger partial charge in [-0.3, -0.25) is 9.59 Å². The summed E-state index contributed by atoms with van der Waals surface area (Å²) in [5, 5.41) is 15.7. The van der Waals surface area contributed by atoms with Gasteiger partial charge in [-0.2, -0.15) is 0 Å². The van der Waals surface area contributed by atoms with Crippen LogP contribution >= 0.6 is 11.8 Å². The number of aromatic nitrogens is 3. The molecule has 3 aromatic rings. The summed E-state index contributed by atoms with van der Waals surface area (Å²) in [6, 6.07) is 17.5. The number of nitrogens with zero attached hydrogens (tertiary/aromatic N) is 3. The molecule has 7 rings (SSSR count). The molecule has 0 spiro atoms. The van der Waals surface area contributed by atoms with Crippen molar-refractivity contribution in [2.75, 3.05) is 17.7 Å². The van der Waals surface area contributed by atoms with E-state index in [1.807, 2.05) is 54.0 Å². The van der Waals surface area contributed by atoms with Crippen molar-refractivity contribution in [3.8, 4) is 5.75 Å². The number of anilines is 1. The Hall–Kier alpha value is -3.33. The smallest absolute Gasteiger partial charge is 0.234 e. The molecule has 2 aromatic carbocycles. The second kappa shape index (κ2) is 11.6. The molecular formula is C31H37N5O3S. The highest BCUT2D eigenvalue weighted by Crippen LogP contribution is 2.60. The van der Waals surface area contributed by atoms with E-state index in [0.29, 0.717) is 36.4 Å². The first-order valence-electron chi connectivity index (χ1n) is 14.4. The number of hydrogen-bond acceptors (Lipinski definition) is 6. The maximum Gasteiger partial charge on any atom is 0.234 e. The van der Waals surface area contributed by atoms with Crippen LogP contribution < -0.4 is 15.4 Å². The molecule has 1 heterocycles. The molecule has 4 aliphatic rings. The fraction of sp³-hybridized carbons (Fsp3) is 0.484. The Morgan fingerprint density at radius 1 is 0.975 bits per heavy atom. The van der Waals surface area contributed by atoms with E-state index in [9.17, 15) is 9.59 Å². The lowest BCUT2D eigenvalue weighted by Crippen LogP contribution is -2.53. The van der Waals surface area contributed by atoms with Crippen LogP contribution in [0.3, 0.4) is 0 Å². The molecule has 0 aliphatic heterocycles. The third-order valence-electron chi connectivity index (χ3n) is 8.69. The molecule has 4 bridgehead atoms. The summed E-state index contributed by atoms with van der Waals surface area (Å²) < 4.78 is 7.49. The predicted molar refractivity (Wildman–Crippen MR) is 155 cm³/mol. The highest BCUT2D eigenvalue weighted by atomic mass is 32.2. The maximum atomic E-state index is 13.6. The molecule has 9 heteroatoms. The quantitative estimate of drug-likeness (QED) is 0.310. The molecule has 0 unspecified atom stereocenters. The van der Waals surface area contributed by atoms with E-state index in [0.717, 1.165) is 48.3 Å². The van der Waals surface area contributed by atoms with Gasteiger partial charge < -0.3 is 19.9 Å². The van der Waals surface area contributed by atoms with E-state index < -0.39 is 0 Å². The van der Waals surface area contributed by atoms with E-state index in [-0.39, 0.29) is 23.0 Å². The number of carbonyl (C=O) groups excluding carboxylic acids is 2. The van der Waals surface area contributed by atoms with Gasteiger partial charge in [-0.25, -0.2) is 0 Å². The largest absolute Gasteiger partial charge is 0.494 e. The van der Waals surface area contributed by atoms with Gasteiger partial charge in [0, 0.05) is 11.1 Å². The van der Waals surface area contributed by atoms with Crippen LogP contribution in [-0.4, -0.2) is 38.9 Å². The van der Waals surface area contributed by atoms with Crippen LogP contribution in [0.1, 0.15) is 56.8 Å². The molecule has 2 amide bonds. The number of hydrogen-bond donors (Lipinski definition) is 2. The Morgan fingerprint density at radius 2 is 1.65 bits per heavy atom. The lowest BCUT2D eigenvalue weighted by atomic mass is 9.49. The van der Waals surface area contributed by atoms with E-state index in [1.165, 1.54) is 31.0 Å². The van der Waals surface area contributed by atoms with Crippen LogP contribution in [0, 0.1) is 23.2 Å². The van der Waals surface area contributed by atoms with Crippen molar-refractivity contribution in [3.05, 3.63) is 66.0 Å². The molecule has 2 N–H and O–H groups in total. The van der Waals surface area contributed by atoms with Crippen LogP contribution in [0.4, 0.5) is 5.69 Å². The zero-order chi connectivity index (χ0) is 27.5. The first-order chi connectivity index (χ1) is 19.5. The molecule has 0 radical (unpaired) electrons. The monoisotopic (exact) mass is 559 g/mol. The predicted octanol–water partition coefficient (Wildman–Crippen LogP) is 5.29. The summed E-state index contributed by atoms with van der Waals surface area (Å²) in [6.07, 6.45) is 7.03. The summed E-state index contributed by atoms with van der Waals surface area (Å²) in [7, 11) is 0. The normalized spacial score (nSPS) is 24.6. The molecule has 0 saturated heterocycles. The van der Waals surface area contributed by atoms with Crippen LogP contribution in [0.2, 0.25) is 0 Å². The molecular weight excluding hydrogens is 522 g/mol. The first-order valence-corrected chi connectivity index (χ1v) is 15.4. The molecule has 40 heavy (non-hydrogen) atoms. The Balaban J connectivity index is 1.12. The van der Waals surface area contributed by atoms with Gasteiger partial charge in [-0.15, -0.1) is 10.2 Å². The van der Waals surface area contributed by atoms with E-state index in [4.69, 9.17) is 4.74 Å². The Morgan fingerprint density at radius 3 is 2.30 bits per heavy atom. The number of nitrogens with one attached hydrogen (secondary N) is 2. The van der Waals surface area contributed by atoms with Gasteiger partial charge in [0.25, 0.3) is 0 Å². The third-order valence-corrected chi connectivity index (χ3v) is 9.65. The topological polar surface area (TPSA) is 98.1 Å². The molecule has 8 nitrogen and oxygen atoms in total. The molecule has 4 fully saturated rings. The minimum atomic E-state index is -0.199. The van der Waals surface area contributed by atoms with Crippen molar-refractivity contribution < 1.29 is 14.3 Å².